The minimum Gasteiger partial charge on any atom is -0.461 e. The summed E-state index contributed by atoms with van der Waals surface area (Å²) < 4.78 is 10.9. The van der Waals surface area contributed by atoms with E-state index in [1.165, 1.54) is 147 Å². The predicted molar refractivity (Wildman–Crippen MR) is 235 cm³/mol. The molecule has 0 saturated heterocycles. The number of allylic oxidation sites excluding steroid dienone is 2. The molecule has 0 fully saturated rings. The Labute approximate surface area is 332 Å². The zero-order chi connectivity index (χ0) is 39.0. The molecule has 0 amide bonds. The van der Waals surface area contributed by atoms with Gasteiger partial charge in [-0.15, -0.1) is 7.92 Å². The standard InChI is InChI=1S/C47H90NO4P/c1-7-11-30-44(31-12-8-2)34-23-25-39-51-46(49)36-21-17-15-19-27-41-53(43-29-38-48(5)6)42-28-20-16-18-22-37-47(50)52-40-26-24-35-45(32-13-9-3)33-14-10-4/h23-26,44-45H,7-22,27-43H2,1-6H3. The number of rotatable bonds is 40. The normalized spacial score (nSPS) is 12.6. The van der Waals surface area contributed by atoms with Gasteiger partial charge in [-0.3, -0.25) is 9.59 Å². The fourth-order valence-corrected chi connectivity index (χ4v) is 9.69. The molecule has 0 bridgehead atoms. The zero-order valence-electron chi connectivity index (χ0n) is 36.3. The summed E-state index contributed by atoms with van der Waals surface area (Å²) in [6.07, 6.45) is 44.8. The lowest BCUT2D eigenvalue weighted by atomic mass is 9.93. The van der Waals surface area contributed by atoms with E-state index in [0.29, 0.717) is 26.1 Å². The van der Waals surface area contributed by atoms with E-state index in [-0.39, 0.29) is 19.9 Å². The molecule has 0 saturated carbocycles. The van der Waals surface area contributed by atoms with Gasteiger partial charge in [-0.2, -0.15) is 0 Å². The third kappa shape index (κ3) is 37.5. The quantitative estimate of drug-likeness (QED) is 0.0269. The Morgan fingerprint density at radius 1 is 0.491 bits per heavy atom. The first-order chi connectivity index (χ1) is 25.9. The van der Waals surface area contributed by atoms with Gasteiger partial charge >= 0.3 is 11.9 Å². The fourth-order valence-electron chi connectivity index (χ4n) is 7.09. The van der Waals surface area contributed by atoms with E-state index in [1.807, 2.05) is 0 Å². The van der Waals surface area contributed by atoms with Crippen molar-refractivity contribution >= 4 is 19.9 Å². The van der Waals surface area contributed by atoms with E-state index in [1.54, 1.807) is 0 Å². The van der Waals surface area contributed by atoms with E-state index in [2.05, 4.69) is 71.0 Å². The van der Waals surface area contributed by atoms with Crippen LogP contribution in [0.2, 0.25) is 0 Å². The smallest absolute Gasteiger partial charge is 0.306 e. The van der Waals surface area contributed by atoms with Crippen molar-refractivity contribution in [2.45, 2.75) is 201 Å². The molecule has 0 aromatic heterocycles. The van der Waals surface area contributed by atoms with Gasteiger partial charge in [-0.25, -0.2) is 0 Å². The molecular weight excluding hydrogens is 673 g/mol. The lowest BCUT2D eigenvalue weighted by molar-refractivity contribution is -0.143. The molecule has 0 aromatic rings. The van der Waals surface area contributed by atoms with Crippen LogP contribution in [0.3, 0.4) is 0 Å². The summed E-state index contributed by atoms with van der Waals surface area (Å²) in [4.78, 5) is 26.7. The first-order valence-corrected chi connectivity index (χ1v) is 24.7. The lowest BCUT2D eigenvalue weighted by Gasteiger charge is -2.19. The number of hydrogen-bond donors (Lipinski definition) is 0. The second kappa shape index (κ2) is 40.5. The van der Waals surface area contributed by atoms with Crippen molar-refractivity contribution < 1.29 is 19.1 Å². The molecule has 5 nitrogen and oxygen atoms in total. The maximum Gasteiger partial charge on any atom is 0.306 e. The van der Waals surface area contributed by atoms with Crippen molar-refractivity contribution in [3.05, 3.63) is 24.3 Å². The zero-order valence-corrected chi connectivity index (χ0v) is 37.2. The van der Waals surface area contributed by atoms with E-state index in [0.717, 1.165) is 50.4 Å². The number of nitrogens with zero attached hydrogens (tertiary/aromatic N) is 1. The van der Waals surface area contributed by atoms with Gasteiger partial charge in [0.1, 0.15) is 13.2 Å². The van der Waals surface area contributed by atoms with Gasteiger partial charge in [0.2, 0.25) is 0 Å². The third-order valence-corrected chi connectivity index (χ3v) is 13.5. The molecule has 312 valence electrons. The average molecular weight is 764 g/mol. The van der Waals surface area contributed by atoms with Crippen molar-refractivity contribution in [2.24, 2.45) is 11.8 Å². The van der Waals surface area contributed by atoms with Crippen LogP contribution in [-0.2, 0) is 19.1 Å². The first kappa shape index (κ1) is 51.8. The van der Waals surface area contributed by atoms with Gasteiger partial charge in [-0.05, 0) is 95.9 Å². The van der Waals surface area contributed by atoms with Gasteiger partial charge < -0.3 is 14.4 Å². The number of hydrogen-bond acceptors (Lipinski definition) is 5. The summed E-state index contributed by atoms with van der Waals surface area (Å²) in [5, 5.41) is 0. The molecule has 0 atom stereocenters. The highest BCUT2D eigenvalue weighted by Gasteiger charge is 2.10. The summed E-state index contributed by atoms with van der Waals surface area (Å²) in [6, 6.07) is 0. The van der Waals surface area contributed by atoms with Crippen LogP contribution < -0.4 is 0 Å². The number of esters is 2. The van der Waals surface area contributed by atoms with Crippen molar-refractivity contribution in [3.63, 3.8) is 0 Å². The van der Waals surface area contributed by atoms with Gasteiger partial charge in [0, 0.05) is 12.8 Å². The predicted octanol–water partition coefficient (Wildman–Crippen LogP) is 14.1. The second-order valence-corrected chi connectivity index (χ2v) is 18.8. The molecule has 0 rings (SSSR count). The molecule has 0 heterocycles. The summed E-state index contributed by atoms with van der Waals surface area (Å²) in [6.45, 7) is 11.1. The van der Waals surface area contributed by atoms with Crippen LogP contribution in [0.15, 0.2) is 24.3 Å². The van der Waals surface area contributed by atoms with Crippen molar-refractivity contribution in [2.75, 3.05) is 52.3 Å². The van der Waals surface area contributed by atoms with Crippen molar-refractivity contribution in [1.29, 1.82) is 0 Å². The summed E-state index contributed by atoms with van der Waals surface area (Å²) >= 11 is 0. The molecule has 0 spiro atoms. The molecule has 53 heavy (non-hydrogen) atoms. The van der Waals surface area contributed by atoms with E-state index < -0.39 is 0 Å². The topological polar surface area (TPSA) is 55.8 Å². The Bertz CT molecular complexity index is 781. The minimum absolute atomic E-state index is 0.0422. The lowest BCUT2D eigenvalue weighted by Crippen LogP contribution is -2.14. The average Bonchev–Trinajstić information content (AvgIpc) is 3.14. The molecular formula is C47H90NO4P. The molecule has 0 aliphatic heterocycles. The van der Waals surface area contributed by atoms with Crippen LogP contribution in [0.5, 0.6) is 0 Å². The molecule has 0 unspecified atom stereocenters. The van der Waals surface area contributed by atoms with E-state index >= 15 is 0 Å². The molecule has 6 heteroatoms. The van der Waals surface area contributed by atoms with Crippen molar-refractivity contribution in [3.8, 4) is 0 Å². The Morgan fingerprint density at radius 2 is 0.849 bits per heavy atom. The summed E-state index contributed by atoms with van der Waals surface area (Å²) in [5.74, 6) is 1.48. The highest BCUT2D eigenvalue weighted by Crippen LogP contribution is 2.39. The maximum absolute atomic E-state index is 12.2. The fraction of sp³-hybridized carbons (Fsp3) is 0.872. The van der Waals surface area contributed by atoms with Crippen LogP contribution in [0, 0.1) is 11.8 Å². The number of unbranched alkanes of at least 4 members (excludes halogenated alkanes) is 12. The Kier molecular flexibility index (Phi) is 39.6. The second-order valence-electron chi connectivity index (χ2n) is 16.1. The van der Waals surface area contributed by atoms with E-state index in [4.69, 9.17) is 9.47 Å². The van der Waals surface area contributed by atoms with Gasteiger partial charge in [0.25, 0.3) is 0 Å². The first-order valence-electron chi connectivity index (χ1n) is 22.8. The van der Waals surface area contributed by atoms with Crippen LogP contribution in [0.25, 0.3) is 0 Å². The summed E-state index contributed by atoms with van der Waals surface area (Å²) in [5.41, 5.74) is 0. The van der Waals surface area contributed by atoms with Crippen LogP contribution in [0.1, 0.15) is 201 Å². The minimum atomic E-state index is -0.0422. The van der Waals surface area contributed by atoms with Crippen LogP contribution >= 0.6 is 7.92 Å². The van der Waals surface area contributed by atoms with Crippen LogP contribution in [-0.4, -0.2) is 69.2 Å². The summed E-state index contributed by atoms with van der Waals surface area (Å²) in [7, 11) is 4.47. The SMILES string of the molecule is CCCCC(CC=CCOC(=O)CCCCCCCP(CCCCCCCC(=O)OCC=CCC(CCCC)CCCC)CCCN(C)C)CCCC. The molecule has 0 aliphatic carbocycles. The monoisotopic (exact) mass is 764 g/mol. The molecule has 0 radical (unpaired) electrons. The van der Waals surface area contributed by atoms with E-state index in [9.17, 15) is 9.59 Å². The molecule has 0 N–H and O–H groups in total. The Hall–Kier alpha value is -1.19. The number of carbonyl (C=O) groups is 2. The Balaban J connectivity index is 4.07. The Morgan fingerprint density at radius 3 is 1.23 bits per heavy atom. The molecule has 0 aliphatic rings. The van der Waals surface area contributed by atoms with Gasteiger partial charge in [0.15, 0.2) is 0 Å². The third-order valence-electron chi connectivity index (χ3n) is 10.6. The highest BCUT2D eigenvalue weighted by molar-refractivity contribution is 7.57. The van der Waals surface area contributed by atoms with Gasteiger partial charge in [-0.1, -0.05) is 168 Å². The highest BCUT2D eigenvalue weighted by atomic mass is 31.1. The number of ether oxygens (including phenoxy) is 2. The van der Waals surface area contributed by atoms with Crippen molar-refractivity contribution in [1.82, 2.24) is 4.90 Å². The molecule has 0 aromatic carbocycles. The van der Waals surface area contributed by atoms with Gasteiger partial charge in [0.05, 0.1) is 0 Å². The number of carbonyl (C=O) groups excluding carboxylic acids is 2. The maximum atomic E-state index is 12.2. The van der Waals surface area contributed by atoms with Crippen LogP contribution in [0.4, 0.5) is 0 Å². The largest absolute Gasteiger partial charge is 0.461 e.